The minimum absolute atomic E-state index is 0.118. The van der Waals surface area contributed by atoms with Crippen LogP contribution in [0, 0.1) is 0 Å². The van der Waals surface area contributed by atoms with Gasteiger partial charge in [0.25, 0.3) is 5.91 Å². The largest absolute Gasteiger partial charge is 0.455 e. The van der Waals surface area contributed by atoms with Crippen LogP contribution >= 0.6 is 11.8 Å². The number of imidazole rings is 1. The van der Waals surface area contributed by atoms with Crippen molar-refractivity contribution in [2.75, 3.05) is 0 Å². The fraction of sp³-hybridized carbons (Fsp3) is 0.182. The van der Waals surface area contributed by atoms with Crippen molar-refractivity contribution in [1.82, 2.24) is 14.9 Å². The molecule has 1 amide bonds. The number of furan rings is 1. The molecule has 6 heteroatoms. The second-order valence-electron chi connectivity index (χ2n) is 6.68. The van der Waals surface area contributed by atoms with Gasteiger partial charge in [-0.3, -0.25) is 4.79 Å². The zero-order valence-electron chi connectivity index (χ0n) is 15.8. The molecule has 0 saturated carbocycles. The summed E-state index contributed by atoms with van der Waals surface area (Å²) in [6, 6.07) is 17.9. The molecule has 0 radical (unpaired) electrons. The first-order valence-electron chi connectivity index (χ1n) is 9.08. The Hall–Kier alpha value is -2.99. The Labute approximate surface area is 167 Å². The molecule has 28 heavy (non-hydrogen) atoms. The molecule has 2 aromatic heterocycles. The van der Waals surface area contributed by atoms with Crippen molar-refractivity contribution in [3.8, 4) is 0 Å². The van der Waals surface area contributed by atoms with Crippen molar-refractivity contribution in [2.45, 2.75) is 23.9 Å². The molecule has 0 aliphatic rings. The highest BCUT2D eigenvalue weighted by atomic mass is 32.2. The summed E-state index contributed by atoms with van der Waals surface area (Å²) in [4.78, 5) is 16.8. The number of carbonyl (C=O) groups is 1. The fourth-order valence-electron chi connectivity index (χ4n) is 3.03. The summed E-state index contributed by atoms with van der Waals surface area (Å²) >= 11 is 1.57. The number of benzene rings is 2. The number of nitrogens with zero attached hydrogens (tertiary/aromatic N) is 2. The number of fused-ring (bicyclic) bond motifs is 1. The Kier molecular flexibility index (Phi) is 5.21. The van der Waals surface area contributed by atoms with E-state index >= 15 is 0 Å². The van der Waals surface area contributed by atoms with E-state index in [4.69, 9.17) is 4.42 Å². The molecular weight excluding hydrogens is 370 g/mol. The number of aryl methyl sites for hydroxylation is 1. The van der Waals surface area contributed by atoms with E-state index in [1.54, 1.807) is 24.0 Å². The first kappa shape index (κ1) is 18.4. The molecule has 2 aromatic carbocycles. The van der Waals surface area contributed by atoms with Crippen LogP contribution in [0.3, 0.4) is 0 Å². The molecule has 0 aliphatic heterocycles. The first-order chi connectivity index (χ1) is 13.6. The average molecular weight is 391 g/mol. The normalized spacial score (nSPS) is 12.2. The Morgan fingerprint density at radius 2 is 2.00 bits per heavy atom. The van der Waals surface area contributed by atoms with Crippen molar-refractivity contribution >= 4 is 28.4 Å². The van der Waals surface area contributed by atoms with Gasteiger partial charge in [-0.2, -0.15) is 0 Å². The fourth-order valence-corrected chi connectivity index (χ4v) is 3.86. The highest BCUT2D eigenvalue weighted by Gasteiger charge is 2.16. The van der Waals surface area contributed by atoms with Gasteiger partial charge < -0.3 is 14.3 Å². The van der Waals surface area contributed by atoms with E-state index in [0.29, 0.717) is 11.5 Å². The minimum Gasteiger partial charge on any atom is -0.455 e. The molecule has 0 spiro atoms. The maximum atomic E-state index is 12.6. The van der Waals surface area contributed by atoms with E-state index in [1.807, 2.05) is 49.0 Å². The summed E-state index contributed by atoms with van der Waals surface area (Å²) < 4.78 is 7.67. The molecule has 1 N–H and O–H groups in total. The molecular formula is C22H21N3O2S. The third kappa shape index (κ3) is 3.97. The zero-order chi connectivity index (χ0) is 19.5. The smallest absolute Gasteiger partial charge is 0.287 e. The molecule has 5 nitrogen and oxygen atoms in total. The number of nitrogens with one attached hydrogen (secondary N) is 1. The topological polar surface area (TPSA) is 60.1 Å². The number of hydrogen-bond donors (Lipinski definition) is 1. The summed E-state index contributed by atoms with van der Waals surface area (Å²) in [5, 5.41) is 6.27. The second kappa shape index (κ2) is 7.94. The molecule has 1 unspecified atom stereocenters. The number of thioether (sulfide) groups is 1. The molecule has 0 saturated heterocycles. The second-order valence-corrected chi connectivity index (χ2v) is 7.62. The Morgan fingerprint density at radius 3 is 2.79 bits per heavy atom. The maximum absolute atomic E-state index is 12.6. The van der Waals surface area contributed by atoms with E-state index in [9.17, 15) is 4.79 Å². The van der Waals surface area contributed by atoms with Gasteiger partial charge in [0.1, 0.15) is 5.76 Å². The lowest BCUT2D eigenvalue weighted by Crippen LogP contribution is -2.26. The van der Waals surface area contributed by atoms with Crippen LogP contribution in [0.15, 0.2) is 76.6 Å². The number of rotatable bonds is 6. The zero-order valence-corrected chi connectivity index (χ0v) is 16.6. The summed E-state index contributed by atoms with van der Waals surface area (Å²) in [7, 11) is 1.95. The van der Waals surface area contributed by atoms with E-state index in [-0.39, 0.29) is 11.9 Å². The van der Waals surface area contributed by atoms with Crippen LogP contribution in [0.4, 0.5) is 0 Å². The minimum atomic E-state index is -0.214. The molecule has 0 fully saturated rings. The average Bonchev–Trinajstić information content (AvgIpc) is 3.35. The number of aromatic nitrogens is 2. The van der Waals surface area contributed by atoms with Crippen molar-refractivity contribution in [3.63, 3.8) is 0 Å². The molecule has 4 rings (SSSR count). The van der Waals surface area contributed by atoms with Crippen LogP contribution in [-0.2, 0) is 12.8 Å². The number of hydrogen-bond acceptors (Lipinski definition) is 4. The van der Waals surface area contributed by atoms with Crippen molar-refractivity contribution in [3.05, 3.63) is 84.1 Å². The predicted octanol–water partition coefficient (Wildman–Crippen LogP) is 4.95. The maximum Gasteiger partial charge on any atom is 0.287 e. The van der Waals surface area contributed by atoms with E-state index in [2.05, 4.69) is 34.6 Å². The third-order valence-corrected chi connectivity index (χ3v) is 5.71. The SMILES string of the molecule is CC(NC(=O)c1ccc(CSc2nccn2C)o1)c1ccc2ccccc2c1. The number of amides is 1. The Morgan fingerprint density at radius 1 is 1.18 bits per heavy atom. The molecule has 1 atom stereocenters. The molecule has 142 valence electrons. The summed E-state index contributed by atoms with van der Waals surface area (Å²) in [5.74, 6) is 1.48. The quantitative estimate of drug-likeness (QED) is 0.473. The molecule has 4 aromatic rings. The van der Waals surface area contributed by atoms with E-state index in [1.165, 1.54) is 5.39 Å². The van der Waals surface area contributed by atoms with E-state index < -0.39 is 0 Å². The van der Waals surface area contributed by atoms with Gasteiger partial charge in [-0.05, 0) is 41.5 Å². The Balaban J connectivity index is 1.40. The van der Waals surface area contributed by atoms with Crippen LogP contribution in [0.5, 0.6) is 0 Å². The third-order valence-electron chi connectivity index (χ3n) is 4.63. The van der Waals surface area contributed by atoms with Crippen molar-refractivity contribution < 1.29 is 9.21 Å². The van der Waals surface area contributed by atoms with Gasteiger partial charge in [-0.25, -0.2) is 4.98 Å². The van der Waals surface area contributed by atoms with Gasteiger partial charge in [0.15, 0.2) is 10.9 Å². The summed E-state index contributed by atoms with van der Waals surface area (Å²) in [5.41, 5.74) is 1.06. The molecule has 2 heterocycles. The Bertz CT molecular complexity index is 1120. The standard InChI is InChI=1S/C22H21N3O2S/c1-15(17-8-7-16-5-3-4-6-18(16)13-17)24-21(26)20-10-9-19(27-20)14-28-22-23-11-12-25(22)2/h3-13,15H,14H2,1-2H3,(H,24,26). The van der Waals surface area contributed by atoms with Crippen LogP contribution in [0.1, 0.15) is 34.8 Å². The molecule has 0 bridgehead atoms. The van der Waals surface area contributed by atoms with E-state index in [0.717, 1.165) is 21.9 Å². The van der Waals surface area contributed by atoms with Crippen molar-refractivity contribution in [2.24, 2.45) is 7.05 Å². The van der Waals surface area contributed by atoms with Gasteiger partial charge in [0.05, 0.1) is 11.8 Å². The highest BCUT2D eigenvalue weighted by Crippen LogP contribution is 2.23. The number of carbonyl (C=O) groups excluding carboxylic acids is 1. The highest BCUT2D eigenvalue weighted by molar-refractivity contribution is 7.98. The lowest BCUT2D eigenvalue weighted by molar-refractivity contribution is 0.0910. The van der Waals surface area contributed by atoms with Gasteiger partial charge in [0, 0.05) is 19.4 Å². The van der Waals surface area contributed by atoms with Crippen LogP contribution in [-0.4, -0.2) is 15.5 Å². The summed E-state index contributed by atoms with van der Waals surface area (Å²) in [6.07, 6.45) is 3.66. The van der Waals surface area contributed by atoms with Crippen LogP contribution in [0.2, 0.25) is 0 Å². The lowest BCUT2D eigenvalue weighted by atomic mass is 10.0. The van der Waals surface area contributed by atoms with Gasteiger partial charge in [-0.15, -0.1) is 0 Å². The predicted molar refractivity (Wildman–Crippen MR) is 111 cm³/mol. The van der Waals surface area contributed by atoms with Gasteiger partial charge in [0.2, 0.25) is 0 Å². The van der Waals surface area contributed by atoms with Gasteiger partial charge in [-0.1, -0.05) is 48.2 Å². The van der Waals surface area contributed by atoms with Crippen molar-refractivity contribution in [1.29, 1.82) is 0 Å². The first-order valence-corrected chi connectivity index (χ1v) is 10.1. The lowest BCUT2D eigenvalue weighted by Gasteiger charge is -2.14. The van der Waals surface area contributed by atoms with Crippen LogP contribution < -0.4 is 5.32 Å². The monoisotopic (exact) mass is 391 g/mol. The summed E-state index contributed by atoms with van der Waals surface area (Å²) in [6.45, 7) is 1.97. The molecule has 0 aliphatic carbocycles. The van der Waals surface area contributed by atoms with Crippen LogP contribution in [0.25, 0.3) is 10.8 Å². The van der Waals surface area contributed by atoms with Gasteiger partial charge >= 0.3 is 0 Å².